The molecule has 0 unspecified atom stereocenters. The van der Waals surface area contributed by atoms with Gasteiger partial charge in [-0.1, -0.05) is 13.8 Å². The van der Waals surface area contributed by atoms with Crippen molar-refractivity contribution in [3.63, 3.8) is 0 Å². The summed E-state index contributed by atoms with van der Waals surface area (Å²) >= 11 is 0. The van der Waals surface area contributed by atoms with Gasteiger partial charge < -0.3 is 14.8 Å². The van der Waals surface area contributed by atoms with Gasteiger partial charge in [0.15, 0.2) is 0 Å². The number of anilines is 1. The maximum absolute atomic E-state index is 12.8. The monoisotopic (exact) mass is 496 g/mol. The van der Waals surface area contributed by atoms with Crippen molar-refractivity contribution >= 4 is 33.3 Å². The fourth-order valence-electron chi connectivity index (χ4n) is 3.10. The minimum atomic E-state index is -3.84. The zero-order chi connectivity index (χ0) is 25.6. The van der Waals surface area contributed by atoms with Crippen LogP contribution in [-0.4, -0.2) is 61.4 Å². The molecule has 13 nitrogen and oxygen atoms in total. The zero-order valence-corrected chi connectivity index (χ0v) is 19.7. The second-order valence-corrected chi connectivity index (χ2v) is 8.73. The lowest BCUT2D eigenvalue weighted by Gasteiger charge is -2.19. The molecule has 0 aliphatic carbocycles. The fourth-order valence-corrected chi connectivity index (χ4v) is 4.58. The van der Waals surface area contributed by atoms with E-state index >= 15 is 0 Å². The van der Waals surface area contributed by atoms with Gasteiger partial charge in [0.1, 0.15) is 12.3 Å². The minimum Gasteiger partial charge on any atom is -0.495 e. The number of nitrogens with one attached hydrogen (secondary N) is 1. The molecule has 1 N–H and O–H groups in total. The molecule has 0 fully saturated rings. The van der Waals surface area contributed by atoms with E-state index in [9.17, 15) is 32.9 Å². The number of pyridine rings is 1. The first-order valence-corrected chi connectivity index (χ1v) is 11.4. The van der Waals surface area contributed by atoms with Gasteiger partial charge in [-0.15, -0.1) is 0 Å². The number of amides is 1. The lowest BCUT2D eigenvalue weighted by Crippen LogP contribution is -2.31. The van der Waals surface area contributed by atoms with E-state index < -0.39 is 44.6 Å². The quantitative estimate of drug-likeness (QED) is 0.289. The molecule has 0 bridgehead atoms. The highest BCUT2D eigenvalue weighted by Crippen LogP contribution is 2.29. The van der Waals surface area contributed by atoms with Gasteiger partial charge in [-0.3, -0.25) is 24.3 Å². The third-order valence-corrected chi connectivity index (χ3v) is 6.83. The standard InChI is InChI=1S/C20H24N4O9S/c1-5-23(6-2)34(30,31)14-7-8-17(32-3)15(10-14)21-18(25)12-22-11-13(20(27)33-4)9-16(19(22)26)24(28)29/h7-11H,5-6,12H2,1-4H3,(H,21,25). The molecule has 0 atom stereocenters. The number of benzene rings is 1. The van der Waals surface area contributed by atoms with Gasteiger partial charge in [0.25, 0.3) is 0 Å². The summed E-state index contributed by atoms with van der Waals surface area (Å²) in [6.07, 6.45) is 0.958. The van der Waals surface area contributed by atoms with Crippen LogP contribution in [0.25, 0.3) is 0 Å². The predicted octanol–water partition coefficient (Wildman–Crippen LogP) is 1.22. The van der Waals surface area contributed by atoms with Gasteiger partial charge in [0, 0.05) is 25.4 Å². The Labute approximate surface area is 195 Å². The summed E-state index contributed by atoms with van der Waals surface area (Å²) in [6.45, 7) is 3.15. The van der Waals surface area contributed by atoms with Crippen LogP contribution < -0.4 is 15.6 Å². The maximum Gasteiger partial charge on any atom is 0.339 e. The van der Waals surface area contributed by atoms with Crippen LogP contribution >= 0.6 is 0 Å². The van der Waals surface area contributed by atoms with E-state index in [2.05, 4.69) is 10.1 Å². The topological polar surface area (TPSA) is 167 Å². The Morgan fingerprint density at radius 2 is 1.82 bits per heavy atom. The van der Waals surface area contributed by atoms with Crippen molar-refractivity contribution in [2.24, 2.45) is 0 Å². The predicted molar refractivity (Wildman–Crippen MR) is 120 cm³/mol. The van der Waals surface area contributed by atoms with Crippen molar-refractivity contribution in [3.8, 4) is 5.75 Å². The molecule has 0 saturated carbocycles. The molecule has 2 aromatic rings. The second kappa shape index (κ2) is 10.9. The minimum absolute atomic E-state index is 0.00685. The summed E-state index contributed by atoms with van der Waals surface area (Å²) < 4.78 is 37.3. The van der Waals surface area contributed by atoms with Crippen LogP contribution in [0.4, 0.5) is 11.4 Å². The number of hydrogen-bond acceptors (Lipinski definition) is 9. The fraction of sp³-hybridized carbons (Fsp3) is 0.350. The molecule has 0 aliphatic heterocycles. The van der Waals surface area contributed by atoms with Crippen LogP contribution in [0.3, 0.4) is 0 Å². The van der Waals surface area contributed by atoms with Crippen molar-refractivity contribution in [1.82, 2.24) is 8.87 Å². The number of nitrogens with zero attached hydrogens (tertiary/aromatic N) is 3. The smallest absolute Gasteiger partial charge is 0.339 e. The van der Waals surface area contributed by atoms with Crippen LogP contribution in [-0.2, 0) is 26.1 Å². The number of hydrogen-bond donors (Lipinski definition) is 1. The van der Waals surface area contributed by atoms with E-state index in [-0.39, 0.29) is 35.0 Å². The molecular weight excluding hydrogens is 472 g/mol. The normalized spacial score (nSPS) is 11.2. The Bertz CT molecular complexity index is 1270. The molecular formula is C20H24N4O9S. The molecule has 184 valence electrons. The van der Waals surface area contributed by atoms with Crippen molar-refractivity contribution in [2.45, 2.75) is 25.3 Å². The molecule has 1 heterocycles. The first kappa shape index (κ1) is 26.5. The van der Waals surface area contributed by atoms with Crippen LogP contribution in [0.5, 0.6) is 5.75 Å². The van der Waals surface area contributed by atoms with Gasteiger partial charge in [0.05, 0.1) is 35.3 Å². The van der Waals surface area contributed by atoms with Crippen molar-refractivity contribution in [3.05, 3.63) is 56.5 Å². The Hall–Kier alpha value is -3.78. The molecule has 34 heavy (non-hydrogen) atoms. The molecule has 1 aromatic carbocycles. The number of rotatable bonds is 10. The summed E-state index contributed by atoms with van der Waals surface area (Å²) in [5.41, 5.74) is -2.32. The van der Waals surface area contributed by atoms with Gasteiger partial charge >= 0.3 is 17.2 Å². The van der Waals surface area contributed by atoms with E-state index in [0.717, 1.165) is 19.4 Å². The number of aromatic nitrogens is 1. The summed E-state index contributed by atoms with van der Waals surface area (Å²) in [5.74, 6) is -1.61. The van der Waals surface area contributed by atoms with E-state index in [1.165, 1.54) is 29.6 Å². The van der Waals surface area contributed by atoms with Crippen molar-refractivity contribution in [1.29, 1.82) is 0 Å². The third-order valence-electron chi connectivity index (χ3n) is 4.79. The van der Waals surface area contributed by atoms with E-state index in [0.29, 0.717) is 4.57 Å². The maximum atomic E-state index is 12.8. The number of ether oxygens (including phenoxy) is 2. The Kier molecular flexibility index (Phi) is 8.48. The van der Waals surface area contributed by atoms with Crippen molar-refractivity contribution < 1.29 is 32.4 Å². The van der Waals surface area contributed by atoms with Gasteiger partial charge in [-0.2, -0.15) is 4.31 Å². The average molecular weight is 496 g/mol. The van der Waals surface area contributed by atoms with Crippen molar-refractivity contribution in [2.75, 3.05) is 32.6 Å². The number of nitro groups is 1. The average Bonchev–Trinajstić information content (AvgIpc) is 2.80. The van der Waals surface area contributed by atoms with Gasteiger partial charge in [-0.05, 0) is 18.2 Å². The first-order valence-electron chi connectivity index (χ1n) is 9.95. The SMILES string of the molecule is CCN(CC)S(=O)(=O)c1ccc(OC)c(NC(=O)Cn2cc(C(=O)OC)cc([N+](=O)[O-])c2=O)c1. The van der Waals surface area contributed by atoms with E-state index in [1.54, 1.807) is 13.8 Å². The zero-order valence-electron chi connectivity index (χ0n) is 18.9. The first-order chi connectivity index (χ1) is 16.0. The van der Waals surface area contributed by atoms with E-state index in [4.69, 9.17) is 4.74 Å². The highest BCUT2D eigenvalue weighted by molar-refractivity contribution is 7.89. The third kappa shape index (κ3) is 5.58. The molecule has 0 saturated heterocycles. The molecule has 1 aromatic heterocycles. The Morgan fingerprint density at radius 3 is 2.35 bits per heavy atom. The number of methoxy groups -OCH3 is 2. The van der Waals surface area contributed by atoms with Crippen LogP contribution in [0, 0.1) is 10.1 Å². The van der Waals surface area contributed by atoms with E-state index in [1.807, 2.05) is 0 Å². The number of carbonyl (C=O) groups is 2. The molecule has 2 rings (SSSR count). The lowest BCUT2D eigenvalue weighted by atomic mass is 10.2. The summed E-state index contributed by atoms with van der Waals surface area (Å²) in [5, 5.41) is 13.6. The Morgan fingerprint density at radius 1 is 1.18 bits per heavy atom. The van der Waals surface area contributed by atoms with Crippen LogP contribution in [0.2, 0.25) is 0 Å². The number of carbonyl (C=O) groups excluding carboxylic acids is 2. The van der Waals surface area contributed by atoms with Gasteiger partial charge in [0.2, 0.25) is 15.9 Å². The Balaban J connectivity index is 2.43. The molecule has 1 amide bonds. The summed E-state index contributed by atoms with van der Waals surface area (Å²) in [7, 11) is -1.46. The van der Waals surface area contributed by atoms with Crippen LogP contribution in [0.15, 0.2) is 40.2 Å². The molecule has 0 spiro atoms. The second-order valence-electron chi connectivity index (χ2n) is 6.80. The van der Waals surface area contributed by atoms with Gasteiger partial charge in [-0.25, -0.2) is 13.2 Å². The lowest BCUT2D eigenvalue weighted by molar-refractivity contribution is -0.386. The highest BCUT2D eigenvalue weighted by atomic mass is 32.2. The molecule has 0 radical (unpaired) electrons. The van der Waals surface area contributed by atoms with Crippen LogP contribution in [0.1, 0.15) is 24.2 Å². The molecule has 14 heteroatoms. The highest BCUT2D eigenvalue weighted by Gasteiger charge is 2.24. The molecule has 0 aliphatic rings. The summed E-state index contributed by atoms with van der Waals surface area (Å²) in [4.78, 5) is 47.0. The largest absolute Gasteiger partial charge is 0.495 e. The number of esters is 1. The summed E-state index contributed by atoms with van der Waals surface area (Å²) in [6, 6.07) is 4.66. The number of sulfonamides is 1.